The fourth-order valence-corrected chi connectivity index (χ4v) is 1.38. The first-order valence-electron chi connectivity index (χ1n) is 3.40. The van der Waals surface area contributed by atoms with Crippen molar-refractivity contribution in [3.63, 3.8) is 0 Å². The molecule has 0 saturated carbocycles. The average molecular weight is 122 g/mol. The zero-order chi connectivity index (χ0) is 6.10. The van der Waals surface area contributed by atoms with Crippen LogP contribution >= 0.6 is 0 Å². The molecule has 0 bridgehead atoms. The largest absolute Gasteiger partial charge is 0.306 e. The third kappa shape index (κ3) is 0.745. The summed E-state index contributed by atoms with van der Waals surface area (Å²) in [5.41, 5.74) is 3.08. The molecular formula is C7H10N2. The second-order valence-corrected chi connectivity index (χ2v) is 2.62. The maximum absolute atomic E-state index is 4.01. The Morgan fingerprint density at radius 1 is 1.33 bits per heavy atom. The Balaban J connectivity index is 2.13. The third-order valence-electron chi connectivity index (χ3n) is 1.99. The van der Waals surface area contributed by atoms with E-state index in [9.17, 15) is 0 Å². The van der Waals surface area contributed by atoms with Crippen LogP contribution in [0, 0.1) is 5.92 Å². The Hall–Kier alpha value is -0.790. The normalized spacial score (nSPS) is 38.2. The summed E-state index contributed by atoms with van der Waals surface area (Å²) >= 11 is 0. The molecule has 1 aliphatic carbocycles. The van der Waals surface area contributed by atoms with Gasteiger partial charge in [0.25, 0.3) is 0 Å². The molecule has 2 rings (SSSR count). The topological polar surface area (TPSA) is 24.4 Å². The van der Waals surface area contributed by atoms with Crippen LogP contribution in [0.4, 0.5) is 0 Å². The Morgan fingerprint density at radius 2 is 2.22 bits per heavy atom. The van der Waals surface area contributed by atoms with Crippen LogP contribution in [0.3, 0.4) is 0 Å². The summed E-state index contributed by atoms with van der Waals surface area (Å²) in [4.78, 5) is 0. The number of allylic oxidation sites excluding steroid dienone is 1. The monoisotopic (exact) mass is 122 g/mol. The van der Waals surface area contributed by atoms with E-state index in [0.717, 1.165) is 6.42 Å². The lowest BCUT2D eigenvalue weighted by Crippen LogP contribution is -2.28. The predicted octanol–water partition coefficient (Wildman–Crippen LogP) is 0.910. The molecule has 0 saturated heterocycles. The summed E-state index contributed by atoms with van der Waals surface area (Å²) < 4.78 is 0. The minimum Gasteiger partial charge on any atom is -0.306 e. The summed E-state index contributed by atoms with van der Waals surface area (Å²) in [5, 5.41) is 4.01. The highest BCUT2D eigenvalue weighted by Gasteiger charge is 2.23. The molecule has 9 heavy (non-hydrogen) atoms. The van der Waals surface area contributed by atoms with E-state index in [0.29, 0.717) is 12.0 Å². The van der Waals surface area contributed by atoms with Crippen molar-refractivity contribution in [3.05, 3.63) is 12.2 Å². The number of hydrogen-bond donors (Lipinski definition) is 1. The van der Waals surface area contributed by atoms with Gasteiger partial charge in [0.15, 0.2) is 0 Å². The van der Waals surface area contributed by atoms with Gasteiger partial charge in [-0.1, -0.05) is 12.2 Å². The number of nitrogens with zero attached hydrogens (tertiary/aromatic N) is 1. The van der Waals surface area contributed by atoms with Crippen molar-refractivity contribution < 1.29 is 0 Å². The highest BCUT2D eigenvalue weighted by atomic mass is 15.3. The second-order valence-electron chi connectivity index (χ2n) is 2.62. The SMILES string of the molecule is C1=CCC2NN=CC2C1. The van der Waals surface area contributed by atoms with E-state index < -0.39 is 0 Å². The molecule has 48 valence electrons. The van der Waals surface area contributed by atoms with Crippen LogP contribution in [0.5, 0.6) is 0 Å². The quantitative estimate of drug-likeness (QED) is 0.474. The first-order valence-corrected chi connectivity index (χ1v) is 3.40. The van der Waals surface area contributed by atoms with Gasteiger partial charge in [-0.25, -0.2) is 0 Å². The first kappa shape index (κ1) is 5.03. The number of hydrazone groups is 1. The van der Waals surface area contributed by atoms with Crippen LogP contribution in [0.1, 0.15) is 12.8 Å². The molecule has 2 heteroatoms. The second kappa shape index (κ2) is 1.87. The highest BCUT2D eigenvalue weighted by Crippen LogP contribution is 2.19. The van der Waals surface area contributed by atoms with Crippen molar-refractivity contribution in [2.24, 2.45) is 11.0 Å². The lowest BCUT2D eigenvalue weighted by Gasteiger charge is -2.18. The Labute approximate surface area is 54.6 Å². The molecule has 2 unspecified atom stereocenters. The average Bonchev–Trinajstić information content (AvgIpc) is 2.33. The van der Waals surface area contributed by atoms with Gasteiger partial charge in [0.05, 0.1) is 6.04 Å². The smallest absolute Gasteiger partial charge is 0.0555 e. The van der Waals surface area contributed by atoms with E-state index in [-0.39, 0.29) is 0 Å². The predicted molar refractivity (Wildman–Crippen MR) is 37.3 cm³/mol. The van der Waals surface area contributed by atoms with Gasteiger partial charge in [-0.2, -0.15) is 5.10 Å². The maximum Gasteiger partial charge on any atom is 0.0555 e. The van der Waals surface area contributed by atoms with Crippen molar-refractivity contribution in [1.82, 2.24) is 5.43 Å². The van der Waals surface area contributed by atoms with Gasteiger partial charge in [0.1, 0.15) is 0 Å². The minimum atomic E-state index is 0.606. The van der Waals surface area contributed by atoms with Crippen molar-refractivity contribution in [1.29, 1.82) is 0 Å². The standard InChI is InChI=1S/C7H10N2/c1-2-4-7-6(3-1)5-8-9-7/h1-2,5-7,9H,3-4H2. The number of fused-ring (bicyclic) bond motifs is 1. The van der Waals surface area contributed by atoms with E-state index in [2.05, 4.69) is 22.7 Å². The van der Waals surface area contributed by atoms with Crippen LogP contribution in [-0.4, -0.2) is 12.3 Å². The molecule has 2 nitrogen and oxygen atoms in total. The summed E-state index contributed by atoms with van der Waals surface area (Å²) in [6.07, 6.45) is 8.79. The van der Waals surface area contributed by atoms with Crippen LogP contribution in [0.15, 0.2) is 17.3 Å². The van der Waals surface area contributed by atoms with Gasteiger partial charge in [-0.3, -0.25) is 0 Å². The van der Waals surface area contributed by atoms with E-state index in [1.807, 2.05) is 6.21 Å². The van der Waals surface area contributed by atoms with Gasteiger partial charge < -0.3 is 5.43 Å². The van der Waals surface area contributed by atoms with Gasteiger partial charge in [0, 0.05) is 12.1 Å². The molecule has 2 atom stereocenters. The highest BCUT2D eigenvalue weighted by molar-refractivity contribution is 5.64. The molecule has 0 spiro atoms. The van der Waals surface area contributed by atoms with Crippen LogP contribution < -0.4 is 5.43 Å². The molecule has 0 fully saturated rings. The molecule has 0 aromatic carbocycles. The number of nitrogens with one attached hydrogen (secondary N) is 1. The molecule has 0 aromatic rings. The zero-order valence-corrected chi connectivity index (χ0v) is 5.25. The zero-order valence-electron chi connectivity index (χ0n) is 5.25. The van der Waals surface area contributed by atoms with Gasteiger partial charge >= 0.3 is 0 Å². The first-order chi connectivity index (χ1) is 4.47. The fourth-order valence-electron chi connectivity index (χ4n) is 1.38. The van der Waals surface area contributed by atoms with Gasteiger partial charge in [-0.05, 0) is 12.8 Å². The molecule has 1 aliphatic heterocycles. The van der Waals surface area contributed by atoms with Crippen LogP contribution in [0.25, 0.3) is 0 Å². The molecule has 0 aromatic heterocycles. The lowest BCUT2D eigenvalue weighted by atomic mass is 9.92. The third-order valence-corrected chi connectivity index (χ3v) is 1.99. The summed E-state index contributed by atoms with van der Waals surface area (Å²) in [7, 11) is 0. The fraction of sp³-hybridized carbons (Fsp3) is 0.571. The van der Waals surface area contributed by atoms with Crippen molar-refractivity contribution in [3.8, 4) is 0 Å². The van der Waals surface area contributed by atoms with Crippen LogP contribution in [0.2, 0.25) is 0 Å². The Kier molecular flexibility index (Phi) is 1.04. The molecule has 0 radical (unpaired) electrons. The van der Waals surface area contributed by atoms with Gasteiger partial charge in [-0.15, -0.1) is 0 Å². The molecule has 2 aliphatic rings. The Morgan fingerprint density at radius 3 is 3.11 bits per heavy atom. The van der Waals surface area contributed by atoms with Gasteiger partial charge in [0.2, 0.25) is 0 Å². The number of hydrogen-bond acceptors (Lipinski definition) is 2. The minimum absolute atomic E-state index is 0.606. The molecule has 0 amide bonds. The van der Waals surface area contributed by atoms with E-state index in [1.54, 1.807) is 0 Å². The molecule has 1 N–H and O–H groups in total. The number of rotatable bonds is 0. The van der Waals surface area contributed by atoms with E-state index >= 15 is 0 Å². The summed E-state index contributed by atoms with van der Waals surface area (Å²) in [5.74, 6) is 0.676. The summed E-state index contributed by atoms with van der Waals surface area (Å²) in [6.45, 7) is 0. The van der Waals surface area contributed by atoms with Crippen molar-refractivity contribution in [2.45, 2.75) is 18.9 Å². The lowest BCUT2D eigenvalue weighted by molar-refractivity contribution is 0.470. The van der Waals surface area contributed by atoms with Crippen LogP contribution in [-0.2, 0) is 0 Å². The van der Waals surface area contributed by atoms with E-state index in [4.69, 9.17) is 0 Å². The Bertz CT molecular complexity index is 160. The maximum atomic E-state index is 4.01. The van der Waals surface area contributed by atoms with Crippen molar-refractivity contribution in [2.75, 3.05) is 0 Å². The van der Waals surface area contributed by atoms with Crippen molar-refractivity contribution >= 4 is 6.21 Å². The molecule has 1 heterocycles. The summed E-state index contributed by atoms with van der Waals surface area (Å²) in [6, 6.07) is 0.606. The van der Waals surface area contributed by atoms with E-state index in [1.165, 1.54) is 6.42 Å². The molecular weight excluding hydrogens is 112 g/mol.